The van der Waals surface area contributed by atoms with Crippen molar-refractivity contribution >= 4 is 11.8 Å². The van der Waals surface area contributed by atoms with E-state index in [0.29, 0.717) is 24.0 Å². The number of aryl methyl sites for hydroxylation is 1. The molecule has 1 saturated carbocycles. The van der Waals surface area contributed by atoms with Crippen molar-refractivity contribution in [2.24, 2.45) is 17.3 Å². The van der Waals surface area contributed by atoms with Gasteiger partial charge in [0.25, 0.3) is 0 Å². The maximum Gasteiger partial charge on any atom is 0.232 e. The van der Waals surface area contributed by atoms with Gasteiger partial charge in [-0.3, -0.25) is 14.9 Å². The second-order valence-electron chi connectivity index (χ2n) is 7.34. The van der Waals surface area contributed by atoms with E-state index < -0.39 is 5.41 Å². The lowest BCUT2D eigenvalue weighted by molar-refractivity contribution is -0.151. The molecule has 0 radical (unpaired) electrons. The van der Waals surface area contributed by atoms with Crippen molar-refractivity contribution in [3.63, 3.8) is 0 Å². The quantitative estimate of drug-likeness (QED) is 0.723. The van der Waals surface area contributed by atoms with Crippen molar-refractivity contribution in [3.05, 3.63) is 29.3 Å². The molecule has 1 saturated heterocycles. The van der Waals surface area contributed by atoms with Gasteiger partial charge in [-0.2, -0.15) is 0 Å². The zero-order chi connectivity index (χ0) is 15.5. The first-order chi connectivity index (χ1) is 10.5. The van der Waals surface area contributed by atoms with Crippen LogP contribution in [-0.2, 0) is 16.0 Å². The van der Waals surface area contributed by atoms with Crippen LogP contribution in [0.15, 0.2) is 18.2 Å². The number of imide groups is 1. The van der Waals surface area contributed by atoms with Crippen molar-refractivity contribution in [1.29, 1.82) is 0 Å². The molecule has 2 N–H and O–H groups in total. The van der Waals surface area contributed by atoms with Crippen molar-refractivity contribution in [3.8, 4) is 5.75 Å². The van der Waals surface area contributed by atoms with Crippen LogP contribution in [0.3, 0.4) is 0 Å². The standard InChI is InChI=1S/C18H21NO3/c1-18-7-6-13-12-5-3-11(20)8-10(12)2-4-14(13)15(18)9-16(21)19-17(18)22/h3,5,8,13-15,20H,2,4,6-7,9H2,1H3,(H,19,21,22). The highest BCUT2D eigenvalue weighted by Crippen LogP contribution is 2.56. The summed E-state index contributed by atoms with van der Waals surface area (Å²) < 4.78 is 0. The predicted octanol–water partition coefficient (Wildman–Crippen LogP) is 2.50. The van der Waals surface area contributed by atoms with E-state index in [2.05, 4.69) is 5.32 Å². The zero-order valence-electron chi connectivity index (χ0n) is 12.8. The zero-order valence-corrected chi connectivity index (χ0v) is 12.8. The van der Waals surface area contributed by atoms with Crippen LogP contribution in [0.4, 0.5) is 0 Å². The summed E-state index contributed by atoms with van der Waals surface area (Å²) in [5.74, 6) is 1.08. The van der Waals surface area contributed by atoms with Gasteiger partial charge in [-0.15, -0.1) is 0 Å². The molecule has 0 bridgehead atoms. The van der Waals surface area contributed by atoms with E-state index >= 15 is 0 Å². The Morgan fingerprint density at radius 1 is 1.27 bits per heavy atom. The second-order valence-corrected chi connectivity index (χ2v) is 7.34. The molecule has 4 unspecified atom stereocenters. The highest BCUT2D eigenvalue weighted by molar-refractivity contribution is 6.01. The molecule has 1 aromatic rings. The number of carbonyl (C=O) groups excluding carboxylic acids is 2. The number of carbonyl (C=O) groups is 2. The number of hydrogen-bond acceptors (Lipinski definition) is 3. The van der Waals surface area contributed by atoms with Crippen LogP contribution < -0.4 is 5.32 Å². The van der Waals surface area contributed by atoms with Crippen molar-refractivity contribution in [2.75, 3.05) is 0 Å². The number of hydrogen-bond donors (Lipinski definition) is 2. The molecule has 4 rings (SSSR count). The topological polar surface area (TPSA) is 66.4 Å². The van der Waals surface area contributed by atoms with E-state index in [-0.39, 0.29) is 17.7 Å². The van der Waals surface area contributed by atoms with E-state index in [1.807, 2.05) is 19.1 Å². The first-order valence-electron chi connectivity index (χ1n) is 8.15. The summed E-state index contributed by atoms with van der Waals surface area (Å²) in [5, 5.41) is 12.2. The minimum Gasteiger partial charge on any atom is -0.508 e. The number of phenols is 1. The fourth-order valence-corrected chi connectivity index (χ4v) is 5.07. The number of aromatic hydroxyl groups is 1. The Balaban J connectivity index is 1.73. The van der Waals surface area contributed by atoms with Gasteiger partial charge in [-0.1, -0.05) is 13.0 Å². The molecule has 1 aliphatic heterocycles. The molecule has 116 valence electrons. The molecule has 3 aliphatic rings. The SMILES string of the molecule is CC12CCC3c4ccc(O)cc4CCC3C1CC(=O)NC2=O. The normalized spacial score (nSPS) is 36.9. The second kappa shape index (κ2) is 4.58. The van der Waals surface area contributed by atoms with Crippen molar-refractivity contribution < 1.29 is 14.7 Å². The number of amides is 2. The summed E-state index contributed by atoms with van der Waals surface area (Å²) >= 11 is 0. The number of nitrogens with one attached hydrogen (secondary N) is 1. The van der Waals surface area contributed by atoms with Crippen LogP contribution in [0.2, 0.25) is 0 Å². The molecule has 4 nitrogen and oxygen atoms in total. The van der Waals surface area contributed by atoms with Crippen LogP contribution in [0.5, 0.6) is 5.75 Å². The number of benzene rings is 1. The maximum atomic E-state index is 12.4. The largest absolute Gasteiger partial charge is 0.508 e. The number of phenolic OH excluding ortho intramolecular Hbond substituents is 1. The lowest BCUT2D eigenvalue weighted by atomic mass is 9.52. The molecule has 4 atom stereocenters. The summed E-state index contributed by atoms with van der Waals surface area (Å²) in [6, 6.07) is 5.67. The smallest absolute Gasteiger partial charge is 0.232 e. The molecule has 2 amide bonds. The van der Waals surface area contributed by atoms with Gasteiger partial charge in [-0.05, 0) is 66.7 Å². The third-order valence-electron chi connectivity index (χ3n) is 6.28. The fraction of sp³-hybridized carbons (Fsp3) is 0.556. The first kappa shape index (κ1) is 13.8. The summed E-state index contributed by atoms with van der Waals surface area (Å²) in [5.41, 5.74) is 2.15. The predicted molar refractivity (Wildman–Crippen MR) is 81.3 cm³/mol. The first-order valence-corrected chi connectivity index (χ1v) is 8.15. The molecule has 2 fully saturated rings. The fourth-order valence-electron chi connectivity index (χ4n) is 5.07. The van der Waals surface area contributed by atoms with Crippen LogP contribution in [-0.4, -0.2) is 16.9 Å². The molecule has 1 heterocycles. The Labute approximate surface area is 129 Å². The van der Waals surface area contributed by atoms with Gasteiger partial charge >= 0.3 is 0 Å². The Bertz CT molecular complexity index is 668. The Hall–Kier alpha value is -1.84. The number of piperidine rings is 1. The maximum absolute atomic E-state index is 12.4. The molecular formula is C18H21NO3. The highest BCUT2D eigenvalue weighted by Gasteiger charge is 2.54. The van der Waals surface area contributed by atoms with E-state index in [1.165, 1.54) is 11.1 Å². The average molecular weight is 299 g/mol. The molecular weight excluding hydrogens is 278 g/mol. The number of rotatable bonds is 0. The molecule has 22 heavy (non-hydrogen) atoms. The lowest BCUT2D eigenvalue weighted by Crippen LogP contribution is -2.57. The minimum absolute atomic E-state index is 0.0799. The molecule has 0 aromatic heterocycles. The van der Waals surface area contributed by atoms with Crippen molar-refractivity contribution in [2.45, 2.75) is 44.9 Å². The van der Waals surface area contributed by atoms with Gasteiger partial charge < -0.3 is 5.11 Å². The summed E-state index contributed by atoms with van der Waals surface area (Å²) in [6.07, 6.45) is 4.21. The van der Waals surface area contributed by atoms with Gasteiger partial charge in [0.15, 0.2) is 0 Å². The Kier molecular flexibility index (Phi) is 2.87. The van der Waals surface area contributed by atoms with Crippen molar-refractivity contribution in [1.82, 2.24) is 5.32 Å². The van der Waals surface area contributed by atoms with Crippen LogP contribution in [0.1, 0.15) is 49.7 Å². The lowest BCUT2D eigenvalue weighted by Gasteiger charge is -2.52. The van der Waals surface area contributed by atoms with Crippen LogP contribution in [0.25, 0.3) is 0 Å². The minimum atomic E-state index is -0.399. The van der Waals surface area contributed by atoms with Crippen LogP contribution >= 0.6 is 0 Å². The summed E-state index contributed by atoms with van der Waals surface area (Å²) in [4.78, 5) is 24.2. The third-order valence-corrected chi connectivity index (χ3v) is 6.28. The van der Waals surface area contributed by atoms with Gasteiger partial charge in [0.05, 0.1) is 5.41 Å². The van der Waals surface area contributed by atoms with E-state index in [9.17, 15) is 14.7 Å². The Morgan fingerprint density at radius 2 is 2.09 bits per heavy atom. The molecule has 0 spiro atoms. The van der Waals surface area contributed by atoms with E-state index in [0.717, 1.165) is 25.7 Å². The van der Waals surface area contributed by atoms with Crippen LogP contribution in [0, 0.1) is 17.3 Å². The summed E-state index contributed by atoms with van der Waals surface area (Å²) in [6.45, 7) is 2.03. The Morgan fingerprint density at radius 3 is 2.91 bits per heavy atom. The van der Waals surface area contributed by atoms with Gasteiger partial charge in [0.2, 0.25) is 11.8 Å². The van der Waals surface area contributed by atoms with Gasteiger partial charge in [0.1, 0.15) is 5.75 Å². The van der Waals surface area contributed by atoms with Gasteiger partial charge in [-0.25, -0.2) is 0 Å². The van der Waals surface area contributed by atoms with E-state index in [4.69, 9.17) is 0 Å². The average Bonchev–Trinajstić information content (AvgIpc) is 2.48. The molecule has 1 aromatic carbocycles. The monoisotopic (exact) mass is 299 g/mol. The third kappa shape index (κ3) is 1.82. The molecule has 2 aliphatic carbocycles. The summed E-state index contributed by atoms with van der Waals surface area (Å²) in [7, 11) is 0. The number of fused-ring (bicyclic) bond motifs is 5. The van der Waals surface area contributed by atoms with Gasteiger partial charge in [0, 0.05) is 6.42 Å². The van der Waals surface area contributed by atoms with E-state index in [1.54, 1.807) is 6.07 Å². The molecule has 4 heteroatoms. The highest BCUT2D eigenvalue weighted by atomic mass is 16.3.